The Morgan fingerprint density at radius 1 is 1.31 bits per heavy atom. The summed E-state index contributed by atoms with van der Waals surface area (Å²) in [5.41, 5.74) is -0.417. The third kappa shape index (κ3) is 1.21. The van der Waals surface area contributed by atoms with Crippen LogP contribution in [-0.2, 0) is 25.4 Å². The molecule has 2 heterocycles. The minimum atomic E-state index is -0.467. The number of aromatic nitrogens is 4. The molecule has 0 atom stereocenters. The standard InChI is InChI=1S/C9H9N4O3/c1-11-7-6(8(15)12(2)9(11)16)13(3-4-14)5-10-7/h5H,3H2,1-2H3. The maximum Gasteiger partial charge on any atom is 0.332 e. The molecule has 0 amide bonds. The van der Waals surface area contributed by atoms with Crippen LogP contribution in [-0.4, -0.2) is 25.0 Å². The molecule has 0 unspecified atom stereocenters. The number of hydrogen-bond acceptors (Lipinski definition) is 4. The SMILES string of the molecule is Cn1c(=O)c2c(ncn2C[C]=O)n(C)c1=O. The summed E-state index contributed by atoms with van der Waals surface area (Å²) in [5, 5.41) is 0. The van der Waals surface area contributed by atoms with Gasteiger partial charge in [-0.25, -0.2) is 9.78 Å². The largest absolute Gasteiger partial charge is 0.332 e. The maximum absolute atomic E-state index is 11.8. The average Bonchev–Trinajstić information content (AvgIpc) is 2.68. The van der Waals surface area contributed by atoms with Crippen molar-refractivity contribution in [3.8, 4) is 0 Å². The summed E-state index contributed by atoms with van der Waals surface area (Å²) in [7, 11) is 2.90. The lowest BCUT2D eigenvalue weighted by atomic mass is 10.5. The first kappa shape index (κ1) is 10.3. The quantitative estimate of drug-likeness (QED) is 0.621. The van der Waals surface area contributed by atoms with Gasteiger partial charge in [0, 0.05) is 14.1 Å². The van der Waals surface area contributed by atoms with Gasteiger partial charge in [-0.05, 0) is 0 Å². The minimum absolute atomic E-state index is 0.0794. The molecular formula is C9H9N4O3. The van der Waals surface area contributed by atoms with Crippen LogP contribution < -0.4 is 11.2 Å². The van der Waals surface area contributed by atoms with E-state index in [2.05, 4.69) is 4.98 Å². The van der Waals surface area contributed by atoms with E-state index in [0.717, 1.165) is 4.57 Å². The lowest BCUT2D eigenvalue weighted by Crippen LogP contribution is -2.37. The third-order valence-electron chi connectivity index (χ3n) is 2.45. The molecule has 0 aliphatic rings. The number of aryl methyl sites for hydroxylation is 1. The predicted octanol–water partition coefficient (Wildman–Crippen LogP) is -1.46. The number of fused-ring (bicyclic) bond motifs is 1. The fourth-order valence-electron chi connectivity index (χ4n) is 1.59. The average molecular weight is 221 g/mol. The van der Waals surface area contributed by atoms with Gasteiger partial charge in [0.1, 0.15) is 0 Å². The Hall–Kier alpha value is -2.18. The van der Waals surface area contributed by atoms with Crippen molar-refractivity contribution in [2.45, 2.75) is 6.54 Å². The van der Waals surface area contributed by atoms with Gasteiger partial charge in [-0.15, -0.1) is 0 Å². The molecule has 0 saturated carbocycles. The van der Waals surface area contributed by atoms with E-state index in [0.29, 0.717) is 0 Å². The summed E-state index contributed by atoms with van der Waals surface area (Å²) in [6.07, 6.45) is 3.02. The van der Waals surface area contributed by atoms with E-state index in [-0.39, 0.29) is 17.7 Å². The highest BCUT2D eigenvalue weighted by atomic mass is 16.2. The molecule has 83 valence electrons. The zero-order valence-electron chi connectivity index (χ0n) is 8.80. The Morgan fingerprint density at radius 3 is 2.62 bits per heavy atom. The number of imidazole rings is 1. The van der Waals surface area contributed by atoms with Crippen LogP contribution in [0.3, 0.4) is 0 Å². The van der Waals surface area contributed by atoms with Crippen molar-refractivity contribution in [2.24, 2.45) is 14.1 Å². The second-order valence-corrected chi connectivity index (χ2v) is 3.39. The minimum Gasteiger partial charge on any atom is -0.317 e. The van der Waals surface area contributed by atoms with Gasteiger partial charge in [-0.3, -0.25) is 18.7 Å². The van der Waals surface area contributed by atoms with E-state index in [1.54, 1.807) is 6.29 Å². The van der Waals surface area contributed by atoms with E-state index in [1.807, 2.05) is 0 Å². The second kappa shape index (κ2) is 3.44. The van der Waals surface area contributed by atoms with Gasteiger partial charge in [0.15, 0.2) is 11.2 Å². The van der Waals surface area contributed by atoms with Gasteiger partial charge >= 0.3 is 5.69 Å². The van der Waals surface area contributed by atoms with Gasteiger partial charge in [-0.1, -0.05) is 0 Å². The van der Waals surface area contributed by atoms with Crippen molar-refractivity contribution in [3.05, 3.63) is 27.2 Å². The van der Waals surface area contributed by atoms with Gasteiger partial charge in [0.25, 0.3) is 5.56 Å². The highest BCUT2D eigenvalue weighted by Crippen LogP contribution is 2.03. The van der Waals surface area contributed by atoms with Crippen LogP contribution >= 0.6 is 0 Å². The van der Waals surface area contributed by atoms with Crippen molar-refractivity contribution in [1.29, 1.82) is 0 Å². The van der Waals surface area contributed by atoms with Gasteiger partial charge in [-0.2, -0.15) is 0 Å². The predicted molar refractivity (Wildman–Crippen MR) is 55.9 cm³/mol. The Morgan fingerprint density at radius 2 is 2.00 bits per heavy atom. The van der Waals surface area contributed by atoms with Gasteiger partial charge in [0.2, 0.25) is 6.29 Å². The molecule has 0 saturated heterocycles. The van der Waals surface area contributed by atoms with Crippen molar-refractivity contribution in [1.82, 2.24) is 18.7 Å². The summed E-state index contributed by atoms with van der Waals surface area (Å²) in [6, 6.07) is 0. The maximum atomic E-state index is 11.8. The van der Waals surface area contributed by atoms with E-state index in [1.165, 1.54) is 29.6 Å². The molecule has 2 aromatic rings. The lowest BCUT2D eigenvalue weighted by Gasteiger charge is -2.03. The molecule has 0 bridgehead atoms. The highest BCUT2D eigenvalue weighted by molar-refractivity contribution is 5.71. The molecule has 7 nitrogen and oxygen atoms in total. The molecule has 0 aliphatic carbocycles. The smallest absolute Gasteiger partial charge is 0.317 e. The molecule has 0 fully saturated rings. The number of nitrogens with zero attached hydrogens (tertiary/aromatic N) is 4. The monoisotopic (exact) mass is 221 g/mol. The molecule has 0 N–H and O–H groups in total. The molecule has 2 aromatic heterocycles. The fourth-order valence-corrected chi connectivity index (χ4v) is 1.59. The number of hydrogen-bond donors (Lipinski definition) is 0. The first-order valence-corrected chi connectivity index (χ1v) is 4.53. The van der Waals surface area contributed by atoms with Crippen LogP contribution in [0.1, 0.15) is 0 Å². The van der Waals surface area contributed by atoms with E-state index in [9.17, 15) is 14.4 Å². The highest BCUT2D eigenvalue weighted by Gasteiger charge is 2.13. The van der Waals surface area contributed by atoms with Crippen molar-refractivity contribution in [2.75, 3.05) is 0 Å². The van der Waals surface area contributed by atoms with Crippen molar-refractivity contribution in [3.63, 3.8) is 0 Å². The van der Waals surface area contributed by atoms with Gasteiger partial charge in [0.05, 0.1) is 12.9 Å². The van der Waals surface area contributed by atoms with Crippen LogP contribution in [0.15, 0.2) is 15.9 Å². The van der Waals surface area contributed by atoms with Crippen LogP contribution in [0.4, 0.5) is 0 Å². The molecule has 2 rings (SSSR count). The van der Waals surface area contributed by atoms with Crippen LogP contribution in [0.5, 0.6) is 0 Å². The van der Waals surface area contributed by atoms with E-state index < -0.39 is 11.2 Å². The summed E-state index contributed by atoms with van der Waals surface area (Å²) in [5.74, 6) is 0. The van der Waals surface area contributed by atoms with Crippen molar-refractivity contribution >= 4 is 17.5 Å². The summed E-state index contributed by atoms with van der Waals surface area (Å²) in [4.78, 5) is 37.6. The fraction of sp³-hybridized carbons (Fsp3) is 0.333. The van der Waals surface area contributed by atoms with Crippen LogP contribution in [0, 0.1) is 0 Å². The lowest BCUT2D eigenvalue weighted by molar-refractivity contribution is 0.546. The molecule has 7 heteroatoms. The summed E-state index contributed by atoms with van der Waals surface area (Å²) < 4.78 is 3.60. The number of carbonyl (C=O) groups excluding carboxylic acids is 1. The first-order chi connectivity index (χ1) is 7.57. The van der Waals surface area contributed by atoms with Crippen LogP contribution in [0.2, 0.25) is 0 Å². The zero-order chi connectivity index (χ0) is 11.9. The molecular weight excluding hydrogens is 212 g/mol. The molecule has 0 aliphatic heterocycles. The van der Waals surface area contributed by atoms with Crippen molar-refractivity contribution < 1.29 is 4.79 Å². The second-order valence-electron chi connectivity index (χ2n) is 3.39. The number of rotatable bonds is 2. The van der Waals surface area contributed by atoms with E-state index in [4.69, 9.17) is 0 Å². The Kier molecular flexibility index (Phi) is 2.22. The van der Waals surface area contributed by atoms with E-state index >= 15 is 0 Å². The molecule has 16 heavy (non-hydrogen) atoms. The summed E-state index contributed by atoms with van der Waals surface area (Å²) >= 11 is 0. The normalized spacial score (nSPS) is 10.9. The molecule has 0 aromatic carbocycles. The Balaban J connectivity index is 3.00. The molecule has 0 spiro atoms. The topological polar surface area (TPSA) is 78.9 Å². The Labute approximate surface area is 89.6 Å². The third-order valence-corrected chi connectivity index (χ3v) is 2.45. The van der Waals surface area contributed by atoms with Gasteiger partial charge < -0.3 is 4.57 Å². The zero-order valence-corrected chi connectivity index (χ0v) is 8.80. The van der Waals surface area contributed by atoms with Crippen LogP contribution in [0.25, 0.3) is 11.2 Å². The Bertz CT molecular complexity index is 676. The molecule has 1 radical (unpaired) electrons. The summed E-state index contributed by atoms with van der Waals surface area (Å²) in [6.45, 7) is -0.0794. The first-order valence-electron chi connectivity index (χ1n) is 4.53.